The van der Waals surface area contributed by atoms with E-state index >= 15 is 0 Å². The highest BCUT2D eigenvalue weighted by Crippen LogP contribution is 2.32. The zero-order valence-electron chi connectivity index (χ0n) is 14.1. The van der Waals surface area contributed by atoms with Crippen LogP contribution in [0.1, 0.15) is 34.3 Å². The van der Waals surface area contributed by atoms with Crippen LogP contribution in [-0.2, 0) is 4.74 Å². The molecule has 4 rings (SSSR count). The number of nitrogens with zero attached hydrogens (tertiary/aromatic N) is 3. The Morgan fingerprint density at radius 1 is 1.30 bits per heavy atom. The summed E-state index contributed by atoms with van der Waals surface area (Å²) >= 11 is 4.72. The van der Waals surface area contributed by atoms with Gasteiger partial charge in [-0.1, -0.05) is 33.3 Å². The largest absolute Gasteiger partial charge is 0.439 e. The highest BCUT2D eigenvalue weighted by Gasteiger charge is 2.22. The van der Waals surface area contributed by atoms with Crippen molar-refractivity contribution in [2.75, 3.05) is 11.9 Å². The van der Waals surface area contributed by atoms with Gasteiger partial charge in [0.2, 0.25) is 11.0 Å². The van der Waals surface area contributed by atoms with Crippen LogP contribution in [-0.4, -0.2) is 27.7 Å². The van der Waals surface area contributed by atoms with Crippen molar-refractivity contribution in [3.05, 3.63) is 57.6 Å². The number of anilines is 1. The SMILES string of the molecule is O=C(Nc1nnc(C2CCCO2)s1)c1ccc(Oc2cccc(Br)c2)nc1. The van der Waals surface area contributed by atoms with E-state index in [1.165, 1.54) is 17.5 Å². The maximum absolute atomic E-state index is 12.4. The first-order valence-corrected chi connectivity index (χ1v) is 9.94. The first-order chi connectivity index (χ1) is 13.2. The van der Waals surface area contributed by atoms with Gasteiger partial charge >= 0.3 is 0 Å². The van der Waals surface area contributed by atoms with Crippen LogP contribution in [0.2, 0.25) is 0 Å². The van der Waals surface area contributed by atoms with Crippen molar-refractivity contribution < 1.29 is 14.3 Å². The molecule has 1 fully saturated rings. The van der Waals surface area contributed by atoms with Crippen LogP contribution in [0.3, 0.4) is 0 Å². The van der Waals surface area contributed by atoms with Crippen LogP contribution in [0.25, 0.3) is 0 Å². The van der Waals surface area contributed by atoms with Crippen LogP contribution in [0.5, 0.6) is 11.6 Å². The van der Waals surface area contributed by atoms with Gasteiger partial charge in [0, 0.05) is 23.3 Å². The summed E-state index contributed by atoms with van der Waals surface area (Å²) in [7, 11) is 0. The fourth-order valence-electron chi connectivity index (χ4n) is 2.58. The number of nitrogens with one attached hydrogen (secondary N) is 1. The lowest BCUT2D eigenvalue weighted by atomic mass is 10.2. The number of aromatic nitrogens is 3. The van der Waals surface area contributed by atoms with Crippen LogP contribution in [0, 0.1) is 0 Å². The molecule has 1 unspecified atom stereocenters. The van der Waals surface area contributed by atoms with Gasteiger partial charge in [-0.2, -0.15) is 0 Å². The first-order valence-electron chi connectivity index (χ1n) is 8.33. The monoisotopic (exact) mass is 446 g/mol. The maximum Gasteiger partial charge on any atom is 0.259 e. The van der Waals surface area contributed by atoms with Crippen molar-refractivity contribution in [2.24, 2.45) is 0 Å². The molecule has 1 saturated heterocycles. The summed E-state index contributed by atoms with van der Waals surface area (Å²) in [6, 6.07) is 10.7. The number of benzene rings is 1. The fraction of sp³-hybridized carbons (Fsp3) is 0.222. The molecule has 0 radical (unpaired) electrons. The van der Waals surface area contributed by atoms with Crippen molar-refractivity contribution in [2.45, 2.75) is 18.9 Å². The Hall–Kier alpha value is -2.36. The molecule has 2 aromatic heterocycles. The highest BCUT2D eigenvalue weighted by molar-refractivity contribution is 9.10. The van der Waals surface area contributed by atoms with Gasteiger partial charge in [0.15, 0.2) is 0 Å². The molecule has 1 aliphatic heterocycles. The molecule has 1 aromatic carbocycles. The van der Waals surface area contributed by atoms with Gasteiger partial charge in [-0.15, -0.1) is 10.2 Å². The molecule has 1 amide bonds. The first kappa shape index (κ1) is 18.0. The molecule has 0 aliphatic carbocycles. The Morgan fingerprint density at radius 3 is 2.96 bits per heavy atom. The van der Waals surface area contributed by atoms with Gasteiger partial charge in [0.25, 0.3) is 5.91 Å². The number of ether oxygens (including phenoxy) is 2. The summed E-state index contributed by atoms with van der Waals surface area (Å²) in [5, 5.41) is 12.1. The molecule has 27 heavy (non-hydrogen) atoms. The lowest BCUT2D eigenvalue weighted by Gasteiger charge is -2.06. The molecular formula is C18H15BrN4O3S. The number of hydrogen-bond donors (Lipinski definition) is 1. The Labute approximate surface area is 167 Å². The molecule has 9 heteroatoms. The second-order valence-corrected chi connectivity index (χ2v) is 7.77. The number of hydrogen-bond acceptors (Lipinski definition) is 7. The van der Waals surface area contributed by atoms with Crippen LogP contribution < -0.4 is 10.1 Å². The summed E-state index contributed by atoms with van der Waals surface area (Å²) in [6.45, 7) is 0.742. The van der Waals surface area contributed by atoms with E-state index in [-0.39, 0.29) is 12.0 Å². The normalized spacial score (nSPS) is 16.3. The van der Waals surface area contributed by atoms with E-state index in [4.69, 9.17) is 9.47 Å². The minimum atomic E-state index is -0.299. The van der Waals surface area contributed by atoms with Crippen molar-refractivity contribution >= 4 is 38.3 Å². The van der Waals surface area contributed by atoms with Crippen molar-refractivity contribution in [1.82, 2.24) is 15.2 Å². The molecule has 138 valence electrons. The van der Waals surface area contributed by atoms with E-state index in [0.29, 0.717) is 22.3 Å². The van der Waals surface area contributed by atoms with Crippen molar-refractivity contribution in [3.63, 3.8) is 0 Å². The highest BCUT2D eigenvalue weighted by atomic mass is 79.9. The average molecular weight is 447 g/mol. The van der Waals surface area contributed by atoms with E-state index in [9.17, 15) is 4.79 Å². The molecule has 3 aromatic rings. The standard InChI is InChI=1S/C18H15BrN4O3S/c19-12-3-1-4-13(9-12)26-15-7-6-11(10-20-15)16(24)21-18-23-22-17(27-18)14-5-2-8-25-14/h1,3-4,6-7,9-10,14H,2,5,8H2,(H,21,23,24). The van der Waals surface area contributed by atoms with Gasteiger partial charge < -0.3 is 9.47 Å². The van der Waals surface area contributed by atoms with E-state index in [2.05, 4.69) is 36.4 Å². The molecule has 0 bridgehead atoms. The third kappa shape index (κ3) is 4.49. The van der Waals surface area contributed by atoms with E-state index in [1.807, 2.05) is 24.3 Å². The van der Waals surface area contributed by atoms with E-state index in [1.54, 1.807) is 12.1 Å². The third-order valence-electron chi connectivity index (χ3n) is 3.88. The fourth-order valence-corrected chi connectivity index (χ4v) is 3.78. The second kappa shape index (κ2) is 8.12. The van der Waals surface area contributed by atoms with Crippen molar-refractivity contribution in [3.8, 4) is 11.6 Å². The molecule has 3 heterocycles. The smallest absolute Gasteiger partial charge is 0.259 e. The second-order valence-electron chi connectivity index (χ2n) is 5.85. The molecular weight excluding hydrogens is 432 g/mol. The van der Waals surface area contributed by atoms with Crippen LogP contribution in [0.15, 0.2) is 47.1 Å². The number of pyridine rings is 1. The number of amides is 1. The number of carbonyl (C=O) groups is 1. The minimum Gasteiger partial charge on any atom is -0.439 e. The number of carbonyl (C=O) groups excluding carboxylic acids is 1. The van der Waals surface area contributed by atoms with Gasteiger partial charge in [0.05, 0.1) is 5.56 Å². The predicted octanol–water partition coefficient (Wildman–Crippen LogP) is 4.59. The lowest BCUT2D eigenvalue weighted by molar-refractivity contribution is 0.102. The van der Waals surface area contributed by atoms with Gasteiger partial charge in [-0.3, -0.25) is 10.1 Å². The predicted molar refractivity (Wildman–Crippen MR) is 104 cm³/mol. The Morgan fingerprint density at radius 2 is 2.22 bits per heavy atom. The number of rotatable bonds is 5. The summed E-state index contributed by atoms with van der Waals surface area (Å²) in [5.74, 6) is 0.761. The maximum atomic E-state index is 12.4. The molecule has 0 saturated carbocycles. The number of halogens is 1. The van der Waals surface area contributed by atoms with Gasteiger partial charge in [0.1, 0.15) is 16.9 Å². The minimum absolute atomic E-state index is 0.00993. The average Bonchev–Trinajstić information content (AvgIpc) is 3.34. The van der Waals surface area contributed by atoms with Crippen LogP contribution in [0.4, 0.5) is 5.13 Å². The molecule has 0 spiro atoms. The molecule has 1 aliphatic rings. The molecule has 1 atom stereocenters. The topological polar surface area (TPSA) is 86.2 Å². The van der Waals surface area contributed by atoms with Gasteiger partial charge in [-0.25, -0.2) is 4.98 Å². The van der Waals surface area contributed by atoms with Crippen molar-refractivity contribution in [1.29, 1.82) is 0 Å². The van der Waals surface area contributed by atoms with E-state index in [0.717, 1.165) is 28.9 Å². The summed E-state index contributed by atoms with van der Waals surface area (Å²) in [6.07, 6.45) is 3.41. The third-order valence-corrected chi connectivity index (χ3v) is 5.31. The van der Waals surface area contributed by atoms with Crippen LogP contribution >= 0.6 is 27.3 Å². The Kier molecular flexibility index (Phi) is 5.42. The zero-order valence-corrected chi connectivity index (χ0v) is 16.5. The van der Waals surface area contributed by atoms with Gasteiger partial charge in [-0.05, 0) is 37.1 Å². The Balaban J connectivity index is 1.39. The molecule has 1 N–H and O–H groups in total. The van der Waals surface area contributed by atoms with E-state index < -0.39 is 0 Å². The summed E-state index contributed by atoms with van der Waals surface area (Å²) < 4.78 is 12.2. The summed E-state index contributed by atoms with van der Waals surface area (Å²) in [4.78, 5) is 16.6. The zero-order chi connectivity index (χ0) is 18.6. The Bertz CT molecular complexity index is 942. The quantitative estimate of drug-likeness (QED) is 0.616. The lowest BCUT2D eigenvalue weighted by Crippen LogP contribution is -2.12. The summed E-state index contributed by atoms with van der Waals surface area (Å²) in [5.41, 5.74) is 0.408. The molecule has 7 nitrogen and oxygen atoms in total.